The van der Waals surface area contributed by atoms with Crippen LogP contribution in [0.15, 0.2) is 60.7 Å². The smallest absolute Gasteiger partial charge is 0.171 e. The maximum absolute atomic E-state index is 5.94. The summed E-state index contributed by atoms with van der Waals surface area (Å²) in [6, 6.07) is 20.7. The quantitative estimate of drug-likeness (QED) is 0.662. The van der Waals surface area contributed by atoms with Crippen molar-refractivity contribution in [2.75, 3.05) is 26.2 Å². The zero-order valence-electron chi connectivity index (χ0n) is 13.9. The monoisotopic (exact) mass is 327 g/mol. The molecule has 3 heteroatoms. The Morgan fingerprint density at radius 2 is 1.39 bits per heavy atom. The predicted octanol–water partition coefficient (Wildman–Crippen LogP) is 4.50. The van der Waals surface area contributed by atoms with Crippen molar-refractivity contribution in [3.63, 3.8) is 0 Å². The van der Waals surface area contributed by atoms with E-state index in [1.807, 2.05) is 36.4 Å². The van der Waals surface area contributed by atoms with E-state index in [4.69, 9.17) is 17.0 Å². The Morgan fingerprint density at radius 1 is 0.913 bits per heavy atom. The summed E-state index contributed by atoms with van der Waals surface area (Å²) in [5, 5.41) is 0.648. The van der Waals surface area contributed by atoms with Crippen molar-refractivity contribution in [3.8, 4) is 0 Å². The second-order valence-corrected chi connectivity index (χ2v) is 5.85. The summed E-state index contributed by atoms with van der Waals surface area (Å²) in [6.07, 6.45) is 0. The first kappa shape index (κ1) is 17.6. The number of thiocarbonyl (C=S) groups is 1. The summed E-state index contributed by atoms with van der Waals surface area (Å²) in [4.78, 5) is 2.34. The maximum atomic E-state index is 5.94. The molecule has 122 valence electrons. The highest BCUT2D eigenvalue weighted by molar-refractivity contribution is 7.80. The molecule has 0 fully saturated rings. The van der Waals surface area contributed by atoms with Crippen molar-refractivity contribution in [1.82, 2.24) is 4.90 Å². The third-order valence-electron chi connectivity index (χ3n) is 4.05. The van der Waals surface area contributed by atoms with Crippen LogP contribution in [0.2, 0.25) is 0 Å². The van der Waals surface area contributed by atoms with Gasteiger partial charge in [0.25, 0.3) is 0 Å². The van der Waals surface area contributed by atoms with Crippen LogP contribution in [0.4, 0.5) is 0 Å². The minimum atomic E-state index is 0.00380. The molecule has 0 saturated carbocycles. The van der Waals surface area contributed by atoms with Gasteiger partial charge in [-0.2, -0.15) is 0 Å². The number of hydrogen-bond acceptors (Lipinski definition) is 3. The van der Waals surface area contributed by atoms with Crippen LogP contribution in [0.3, 0.4) is 0 Å². The van der Waals surface area contributed by atoms with Gasteiger partial charge in [0.1, 0.15) is 6.61 Å². The zero-order valence-corrected chi connectivity index (χ0v) is 14.8. The fraction of sp³-hybridized carbons (Fsp3) is 0.350. The molecule has 2 aromatic carbocycles. The fourth-order valence-electron chi connectivity index (χ4n) is 2.65. The Bertz CT molecular complexity index is 542. The molecule has 0 unspecified atom stereocenters. The highest BCUT2D eigenvalue weighted by Gasteiger charge is 2.20. The van der Waals surface area contributed by atoms with E-state index in [9.17, 15) is 0 Å². The number of likely N-dealkylation sites (N-methyl/N-ethyl adjacent to an activating group) is 1. The van der Waals surface area contributed by atoms with Gasteiger partial charge in [-0.3, -0.25) is 0 Å². The lowest BCUT2D eigenvalue weighted by Crippen LogP contribution is -2.28. The standard InChI is InChI=1S/C20H25NOS/c1-3-21(4-2)15-16-22-20(23)19(17-11-7-5-8-12-17)18-13-9-6-10-14-18/h5-14,19H,3-4,15-16H2,1-2H3. The van der Waals surface area contributed by atoms with E-state index in [2.05, 4.69) is 43.0 Å². The van der Waals surface area contributed by atoms with E-state index in [0.29, 0.717) is 11.7 Å². The zero-order chi connectivity index (χ0) is 16.5. The average Bonchev–Trinajstić information content (AvgIpc) is 2.61. The molecular weight excluding hydrogens is 302 g/mol. The van der Waals surface area contributed by atoms with Gasteiger partial charge in [-0.25, -0.2) is 0 Å². The molecule has 0 amide bonds. The molecule has 0 saturated heterocycles. The third kappa shape index (κ3) is 5.15. The van der Waals surface area contributed by atoms with Crippen LogP contribution in [0.5, 0.6) is 0 Å². The summed E-state index contributed by atoms with van der Waals surface area (Å²) in [7, 11) is 0. The molecule has 2 aromatic rings. The van der Waals surface area contributed by atoms with Crippen LogP contribution in [0, 0.1) is 0 Å². The van der Waals surface area contributed by atoms with E-state index in [1.54, 1.807) is 0 Å². The van der Waals surface area contributed by atoms with Crippen LogP contribution in [-0.2, 0) is 4.74 Å². The topological polar surface area (TPSA) is 12.5 Å². The molecule has 2 rings (SSSR count). The molecule has 2 nitrogen and oxygen atoms in total. The highest BCUT2D eigenvalue weighted by atomic mass is 32.1. The molecule has 0 spiro atoms. The molecule has 0 aliphatic heterocycles. The third-order valence-corrected chi connectivity index (χ3v) is 4.40. The highest BCUT2D eigenvalue weighted by Crippen LogP contribution is 2.26. The molecule has 0 aliphatic carbocycles. The van der Waals surface area contributed by atoms with Gasteiger partial charge >= 0.3 is 0 Å². The van der Waals surface area contributed by atoms with Gasteiger partial charge in [0.15, 0.2) is 5.05 Å². The van der Waals surface area contributed by atoms with E-state index < -0.39 is 0 Å². The Morgan fingerprint density at radius 3 is 1.83 bits per heavy atom. The summed E-state index contributed by atoms with van der Waals surface area (Å²) in [6.45, 7) is 7.94. The maximum Gasteiger partial charge on any atom is 0.171 e. The number of benzene rings is 2. The van der Waals surface area contributed by atoms with E-state index in [0.717, 1.165) is 19.6 Å². The normalized spacial score (nSPS) is 11.0. The minimum Gasteiger partial charge on any atom is -0.485 e. The summed E-state index contributed by atoms with van der Waals surface area (Å²) in [5.41, 5.74) is 2.35. The van der Waals surface area contributed by atoms with Crippen molar-refractivity contribution in [1.29, 1.82) is 0 Å². The van der Waals surface area contributed by atoms with E-state index in [-0.39, 0.29) is 5.92 Å². The van der Waals surface area contributed by atoms with E-state index in [1.165, 1.54) is 11.1 Å². The summed E-state index contributed by atoms with van der Waals surface area (Å²) < 4.78 is 5.94. The SMILES string of the molecule is CCN(CC)CCOC(=S)C(c1ccccc1)c1ccccc1. The lowest BCUT2D eigenvalue weighted by molar-refractivity contribution is 0.215. The Balaban J connectivity index is 2.10. The molecule has 0 aliphatic rings. The van der Waals surface area contributed by atoms with Gasteiger partial charge in [-0.15, -0.1) is 0 Å². The van der Waals surface area contributed by atoms with Gasteiger partial charge in [0.2, 0.25) is 0 Å². The molecule has 0 aromatic heterocycles. The largest absolute Gasteiger partial charge is 0.485 e. The molecule has 0 bridgehead atoms. The van der Waals surface area contributed by atoms with Crippen LogP contribution in [0.25, 0.3) is 0 Å². The van der Waals surface area contributed by atoms with Crippen molar-refractivity contribution in [3.05, 3.63) is 71.8 Å². The lowest BCUT2D eigenvalue weighted by Gasteiger charge is -2.22. The first-order valence-electron chi connectivity index (χ1n) is 8.25. The Labute approximate surface area is 145 Å². The number of hydrogen-bond donors (Lipinski definition) is 0. The summed E-state index contributed by atoms with van der Waals surface area (Å²) in [5.74, 6) is 0.00380. The predicted molar refractivity (Wildman–Crippen MR) is 101 cm³/mol. The fourth-order valence-corrected chi connectivity index (χ4v) is 3.01. The molecule has 0 N–H and O–H groups in total. The molecule has 0 heterocycles. The Hall–Kier alpha value is -1.71. The lowest BCUT2D eigenvalue weighted by atomic mass is 9.92. The molecule has 0 atom stereocenters. The minimum absolute atomic E-state index is 0.00380. The van der Waals surface area contributed by atoms with Gasteiger partial charge in [0, 0.05) is 6.54 Å². The van der Waals surface area contributed by atoms with Crippen molar-refractivity contribution in [2.45, 2.75) is 19.8 Å². The first-order chi connectivity index (χ1) is 11.3. The first-order valence-corrected chi connectivity index (χ1v) is 8.66. The van der Waals surface area contributed by atoms with E-state index >= 15 is 0 Å². The van der Waals surface area contributed by atoms with Gasteiger partial charge in [-0.1, -0.05) is 74.5 Å². The second-order valence-electron chi connectivity index (χ2n) is 5.45. The van der Waals surface area contributed by atoms with Crippen molar-refractivity contribution >= 4 is 17.3 Å². The van der Waals surface area contributed by atoms with Crippen molar-refractivity contribution in [2.24, 2.45) is 0 Å². The van der Waals surface area contributed by atoms with Crippen LogP contribution in [-0.4, -0.2) is 36.2 Å². The summed E-state index contributed by atoms with van der Waals surface area (Å²) >= 11 is 5.62. The number of rotatable bonds is 8. The van der Waals surface area contributed by atoms with Gasteiger partial charge in [0.05, 0.1) is 5.92 Å². The van der Waals surface area contributed by atoms with Crippen LogP contribution < -0.4 is 0 Å². The van der Waals surface area contributed by atoms with Crippen LogP contribution >= 0.6 is 12.2 Å². The molecule has 0 radical (unpaired) electrons. The average molecular weight is 327 g/mol. The van der Waals surface area contributed by atoms with Gasteiger partial charge in [-0.05, 0) is 36.4 Å². The van der Waals surface area contributed by atoms with Gasteiger partial charge < -0.3 is 9.64 Å². The Kier molecular flexibility index (Phi) is 7.24. The number of nitrogens with zero attached hydrogens (tertiary/aromatic N) is 1. The number of ether oxygens (including phenoxy) is 1. The van der Waals surface area contributed by atoms with Crippen LogP contribution in [0.1, 0.15) is 30.9 Å². The molecule has 23 heavy (non-hydrogen) atoms. The second kappa shape index (κ2) is 9.43. The molecular formula is C20H25NOS. The van der Waals surface area contributed by atoms with Crippen molar-refractivity contribution < 1.29 is 4.74 Å².